The summed E-state index contributed by atoms with van der Waals surface area (Å²) in [6.07, 6.45) is 1.02. The van der Waals surface area contributed by atoms with E-state index in [1.54, 1.807) is 0 Å². The lowest BCUT2D eigenvalue weighted by molar-refractivity contribution is 1.26. The fourth-order valence-corrected chi connectivity index (χ4v) is 4.82. The third kappa shape index (κ3) is 3.09. The molecule has 0 fully saturated rings. The molecule has 1 aliphatic rings. The summed E-state index contributed by atoms with van der Waals surface area (Å²) in [5.74, 6) is 0. The highest BCUT2D eigenvalue weighted by molar-refractivity contribution is 5.83. The van der Waals surface area contributed by atoms with Gasteiger partial charge < -0.3 is 0 Å². The van der Waals surface area contributed by atoms with Gasteiger partial charge in [0, 0.05) is 0 Å². The largest absolute Gasteiger partial charge is 0.0587 e. The molecule has 29 heavy (non-hydrogen) atoms. The van der Waals surface area contributed by atoms with Crippen molar-refractivity contribution in [3.63, 3.8) is 0 Å². The summed E-state index contributed by atoms with van der Waals surface area (Å²) in [5, 5.41) is 0. The van der Waals surface area contributed by atoms with Gasteiger partial charge in [0.1, 0.15) is 0 Å². The Bertz CT molecular complexity index is 1160. The van der Waals surface area contributed by atoms with Crippen molar-refractivity contribution in [2.24, 2.45) is 0 Å². The Balaban J connectivity index is 1.54. The standard InChI is InChI=1S/C29H26/c1-18-5-9-26(20(3)13-18)22-7-11-28-24(15-22)17-25-16-23(8-12-29(25)28)27-10-6-19(2)14-21(27)4/h5-16H,17H2,1-4H3. The van der Waals surface area contributed by atoms with E-state index in [-0.39, 0.29) is 0 Å². The summed E-state index contributed by atoms with van der Waals surface area (Å²) in [7, 11) is 0. The number of hydrogen-bond donors (Lipinski definition) is 0. The van der Waals surface area contributed by atoms with Crippen LogP contribution in [0.25, 0.3) is 33.4 Å². The third-order valence-electron chi connectivity index (χ3n) is 6.27. The van der Waals surface area contributed by atoms with Crippen molar-refractivity contribution in [2.75, 3.05) is 0 Å². The lowest BCUT2D eigenvalue weighted by atomic mass is 9.94. The average molecular weight is 375 g/mol. The van der Waals surface area contributed by atoms with Gasteiger partial charge >= 0.3 is 0 Å². The molecule has 0 nitrogen and oxygen atoms in total. The van der Waals surface area contributed by atoms with E-state index in [2.05, 4.69) is 100 Å². The van der Waals surface area contributed by atoms with Crippen LogP contribution in [-0.4, -0.2) is 0 Å². The summed E-state index contributed by atoms with van der Waals surface area (Å²) in [4.78, 5) is 0. The minimum absolute atomic E-state index is 1.02. The fraction of sp³-hybridized carbons (Fsp3) is 0.172. The van der Waals surface area contributed by atoms with Crippen LogP contribution in [0.4, 0.5) is 0 Å². The van der Waals surface area contributed by atoms with Gasteiger partial charge in [0.2, 0.25) is 0 Å². The smallest absolute Gasteiger partial charge is 0.00130 e. The van der Waals surface area contributed by atoms with Crippen LogP contribution in [0.1, 0.15) is 33.4 Å². The Morgan fingerprint density at radius 2 is 0.862 bits per heavy atom. The summed E-state index contributed by atoms with van der Waals surface area (Å²) >= 11 is 0. The highest BCUT2D eigenvalue weighted by atomic mass is 14.2. The third-order valence-corrected chi connectivity index (χ3v) is 6.27. The molecule has 1 aliphatic carbocycles. The Morgan fingerprint density at radius 1 is 0.448 bits per heavy atom. The van der Waals surface area contributed by atoms with Crippen LogP contribution < -0.4 is 0 Å². The molecule has 142 valence electrons. The molecule has 0 saturated heterocycles. The molecule has 0 bridgehead atoms. The van der Waals surface area contributed by atoms with Crippen molar-refractivity contribution in [3.8, 4) is 33.4 Å². The highest BCUT2D eigenvalue weighted by Crippen LogP contribution is 2.41. The van der Waals surface area contributed by atoms with Gasteiger partial charge in [-0.25, -0.2) is 0 Å². The predicted molar refractivity (Wildman–Crippen MR) is 125 cm³/mol. The molecule has 4 aromatic carbocycles. The van der Waals surface area contributed by atoms with Gasteiger partial charge in [-0.15, -0.1) is 0 Å². The van der Waals surface area contributed by atoms with E-state index in [9.17, 15) is 0 Å². The number of hydrogen-bond acceptors (Lipinski definition) is 0. The Kier molecular flexibility index (Phi) is 4.17. The molecular formula is C29H26. The molecule has 5 rings (SSSR count). The van der Waals surface area contributed by atoms with Crippen LogP contribution in [0.2, 0.25) is 0 Å². The van der Waals surface area contributed by atoms with Crippen molar-refractivity contribution < 1.29 is 0 Å². The van der Waals surface area contributed by atoms with Crippen LogP contribution in [0.15, 0.2) is 72.8 Å². The van der Waals surface area contributed by atoms with E-state index in [4.69, 9.17) is 0 Å². The molecule has 0 saturated carbocycles. The average Bonchev–Trinajstić information content (AvgIpc) is 3.04. The van der Waals surface area contributed by atoms with Crippen LogP contribution >= 0.6 is 0 Å². The summed E-state index contributed by atoms with van der Waals surface area (Å²) < 4.78 is 0. The van der Waals surface area contributed by atoms with Gasteiger partial charge in [-0.05, 0) is 89.8 Å². The molecule has 0 heteroatoms. The van der Waals surface area contributed by atoms with Crippen molar-refractivity contribution >= 4 is 0 Å². The molecule has 0 N–H and O–H groups in total. The second-order valence-corrected chi connectivity index (χ2v) is 8.56. The summed E-state index contributed by atoms with van der Waals surface area (Å²) in [5.41, 5.74) is 16.3. The quantitative estimate of drug-likeness (QED) is 0.295. The lowest BCUT2D eigenvalue weighted by Crippen LogP contribution is -1.88. The van der Waals surface area contributed by atoms with Gasteiger partial charge in [-0.3, -0.25) is 0 Å². The van der Waals surface area contributed by atoms with E-state index in [0.717, 1.165) is 6.42 Å². The molecule has 0 spiro atoms. The summed E-state index contributed by atoms with van der Waals surface area (Å²) in [6.45, 7) is 8.73. The van der Waals surface area contributed by atoms with Crippen LogP contribution in [0, 0.1) is 27.7 Å². The first-order chi connectivity index (χ1) is 14.0. The number of benzene rings is 4. The monoisotopic (exact) mass is 374 g/mol. The molecule has 0 radical (unpaired) electrons. The predicted octanol–water partition coefficient (Wildman–Crippen LogP) is 7.83. The lowest BCUT2D eigenvalue weighted by Gasteiger charge is -2.10. The van der Waals surface area contributed by atoms with Crippen LogP contribution in [0.5, 0.6) is 0 Å². The van der Waals surface area contributed by atoms with Gasteiger partial charge in [0.05, 0.1) is 0 Å². The molecule has 0 heterocycles. The first kappa shape index (κ1) is 17.9. The zero-order valence-corrected chi connectivity index (χ0v) is 17.6. The van der Waals surface area contributed by atoms with Crippen molar-refractivity contribution in [1.82, 2.24) is 0 Å². The van der Waals surface area contributed by atoms with Crippen LogP contribution in [0.3, 0.4) is 0 Å². The topological polar surface area (TPSA) is 0 Å². The van der Waals surface area contributed by atoms with Gasteiger partial charge in [-0.1, -0.05) is 83.9 Å². The first-order valence-electron chi connectivity index (χ1n) is 10.4. The maximum atomic E-state index is 2.39. The maximum Gasteiger partial charge on any atom is -0.00130 e. The molecule has 0 amide bonds. The second-order valence-electron chi connectivity index (χ2n) is 8.56. The Morgan fingerprint density at radius 3 is 1.28 bits per heavy atom. The molecule has 0 unspecified atom stereocenters. The molecule has 4 aromatic rings. The van der Waals surface area contributed by atoms with Gasteiger partial charge in [0.25, 0.3) is 0 Å². The molecule has 0 aromatic heterocycles. The zero-order chi connectivity index (χ0) is 20.1. The van der Waals surface area contributed by atoms with Crippen molar-refractivity contribution in [1.29, 1.82) is 0 Å². The second kappa shape index (κ2) is 6.74. The number of fused-ring (bicyclic) bond motifs is 3. The summed E-state index contributed by atoms with van der Waals surface area (Å²) in [6, 6.07) is 27.4. The SMILES string of the molecule is Cc1ccc(-c2ccc3c(c2)Cc2cc(-c4ccc(C)cc4C)ccc2-3)c(C)c1. The van der Waals surface area contributed by atoms with Gasteiger partial charge in [-0.2, -0.15) is 0 Å². The maximum absolute atomic E-state index is 2.39. The number of rotatable bonds is 2. The van der Waals surface area contributed by atoms with Crippen molar-refractivity contribution in [3.05, 3.63) is 106 Å². The number of aryl methyl sites for hydroxylation is 4. The van der Waals surface area contributed by atoms with Gasteiger partial charge in [0.15, 0.2) is 0 Å². The minimum atomic E-state index is 1.02. The highest BCUT2D eigenvalue weighted by Gasteiger charge is 2.20. The van der Waals surface area contributed by atoms with Crippen LogP contribution in [-0.2, 0) is 6.42 Å². The molecule has 0 atom stereocenters. The van der Waals surface area contributed by atoms with E-state index >= 15 is 0 Å². The van der Waals surface area contributed by atoms with Crippen molar-refractivity contribution in [2.45, 2.75) is 34.1 Å². The van der Waals surface area contributed by atoms with E-state index in [1.807, 2.05) is 0 Å². The Labute approximate surface area is 173 Å². The fourth-order valence-electron chi connectivity index (χ4n) is 4.82. The zero-order valence-electron chi connectivity index (χ0n) is 17.6. The normalized spacial score (nSPS) is 12.0. The van der Waals surface area contributed by atoms with E-state index < -0.39 is 0 Å². The van der Waals surface area contributed by atoms with E-state index in [1.165, 1.54) is 66.8 Å². The van der Waals surface area contributed by atoms with E-state index in [0.29, 0.717) is 0 Å². The minimum Gasteiger partial charge on any atom is -0.0587 e. The molecule has 0 aliphatic heterocycles. The molecular weight excluding hydrogens is 348 g/mol. The first-order valence-corrected chi connectivity index (χ1v) is 10.4. The Hall–Kier alpha value is -3.12.